The molecule has 0 aromatic heterocycles. The molecule has 0 amide bonds. The Kier molecular flexibility index (Phi) is 5.75. The van der Waals surface area contributed by atoms with E-state index in [9.17, 15) is 13.2 Å². The molecule has 19 heavy (non-hydrogen) atoms. The van der Waals surface area contributed by atoms with Crippen LogP contribution in [0.3, 0.4) is 0 Å². The van der Waals surface area contributed by atoms with Gasteiger partial charge in [-0.05, 0) is 17.7 Å². The summed E-state index contributed by atoms with van der Waals surface area (Å²) in [5, 5.41) is -0.692. The van der Waals surface area contributed by atoms with Crippen molar-refractivity contribution in [2.24, 2.45) is 0 Å². The number of ether oxygens (including phenoxy) is 3. The molecule has 0 spiro atoms. The Balaban J connectivity index is 2.64. The lowest BCUT2D eigenvalue weighted by atomic mass is 10.1. The fourth-order valence-electron chi connectivity index (χ4n) is 1.42. The third-order valence-corrected chi connectivity index (χ3v) is 2.68. The van der Waals surface area contributed by atoms with E-state index in [1.54, 1.807) is 18.2 Å². The van der Waals surface area contributed by atoms with Crippen LogP contribution in [0, 0.1) is 0 Å². The van der Waals surface area contributed by atoms with Crippen LogP contribution in [0.4, 0.5) is 13.2 Å². The van der Waals surface area contributed by atoms with Gasteiger partial charge in [-0.25, -0.2) is 0 Å². The highest BCUT2D eigenvalue weighted by Crippen LogP contribution is 2.32. The van der Waals surface area contributed by atoms with Crippen LogP contribution in [0.5, 0.6) is 11.5 Å². The van der Waals surface area contributed by atoms with Gasteiger partial charge in [-0.15, -0.1) is 11.6 Å². The lowest BCUT2D eigenvalue weighted by molar-refractivity contribution is -0.173. The van der Waals surface area contributed by atoms with Crippen LogP contribution in [0.25, 0.3) is 0 Å². The van der Waals surface area contributed by atoms with Gasteiger partial charge in [0.1, 0.15) is 6.61 Å². The number of benzene rings is 1. The first kappa shape index (κ1) is 15.9. The molecule has 0 aliphatic rings. The van der Waals surface area contributed by atoms with E-state index >= 15 is 0 Å². The summed E-state index contributed by atoms with van der Waals surface area (Å²) in [6.45, 7) is -1.56. The molecule has 7 heteroatoms. The van der Waals surface area contributed by atoms with Crippen molar-refractivity contribution in [3.8, 4) is 11.5 Å². The molecule has 0 saturated heterocycles. The second kappa shape index (κ2) is 6.86. The molecular formula is C12H14ClF3O3. The fourth-order valence-corrected chi connectivity index (χ4v) is 1.65. The standard InChI is InChI=1S/C12H14ClF3O3/c1-17-10-4-3-8(5-11(10)18-2)9(13)6-19-7-12(14,15)16/h3-5,9H,6-7H2,1-2H3. The van der Waals surface area contributed by atoms with Gasteiger partial charge in [0.15, 0.2) is 11.5 Å². The van der Waals surface area contributed by atoms with Gasteiger partial charge in [0, 0.05) is 0 Å². The van der Waals surface area contributed by atoms with E-state index in [1.807, 2.05) is 0 Å². The highest BCUT2D eigenvalue weighted by Gasteiger charge is 2.28. The zero-order valence-electron chi connectivity index (χ0n) is 10.5. The van der Waals surface area contributed by atoms with Crippen molar-refractivity contribution >= 4 is 11.6 Å². The van der Waals surface area contributed by atoms with Crippen LogP contribution < -0.4 is 9.47 Å². The molecule has 0 heterocycles. The van der Waals surface area contributed by atoms with Crippen molar-refractivity contribution < 1.29 is 27.4 Å². The van der Waals surface area contributed by atoms with E-state index in [0.29, 0.717) is 17.1 Å². The van der Waals surface area contributed by atoms with Crippen molar-refractivity contribution in [1.29, 1.82) is 0 Å². The molecule has 108 valence electrons. The highest BCUT2D eigenvalue weighted by atomic mass is 35.5. The molecule has 0 aliphatic carbocycles. The maximum absolute atomic E-state index is 11.9. The Morgan fingerprint density at radius 1 is 1.16 bits per heavy atom. The average Bonchev–Trinajstić information content (AvgIpc) is 2.36. The topological polar surface area (TPSA) is 27.7 Å². The molecule has 1 atom stereocenters. The Morgan fingerprint density at radius 2 is 1.79 bits per heavy atom. The minimum Gasteiger partial charge on any atom is -0.493 e. The van der Waals surface area contributed by atoms with Gasteiger partial charge in [-0.2, -0.15) is 13.2 Å². The highest BCUT2D eigenvalue weighted by molar-refractivity contribution is 6.20. The zero-order valence-corrected chi connectivity index (χ0v) is 11.2. The van der Waals surface area contributed by atoms with Crippen molar-refractivity contribution in [1.82, 2.24) is 0 Å². The summed E-state index contributed by atoms with van der Waals surface area (Å²) in [5.41, 5.74) is 0.599. The summed E-state index contributed by atoms with van der Waals surface area (Å²) >= 11 is 5.97. The first-order chi connectivity index (χ1) is 8.87. The molecule has 0 radical (unpaired) electrons. The Bertz CT molecular complexity index is 410. The van der Waals surface area contributed by atoms with Gasteiger partial charge < -0.3 is 14.2 Å². The summed E-state index contributed by atoms with van der Waals surface area (Å²) in [6, 6.07) is 4.89. The zero-order chi connectivity index (χ0) is 14.5. The Morgan fingerprint density at radius 3 is 2.32 bits per heavy atom. The largest absolute Gasteiger partial charge is 0.493 e. The Labute approximate surface area is 114 Å². The minimum atomic E-state index is -4.35. The SMILES string of the molecule is COc1ccc(C(Cl)COCC(F)(F)F)cc1OC. The van der Waals surface area contributed by atoms with E-state index in [1.165, 1.54) is 14.2 Å². The molecule has 0 N–H and O–H groups in total. The van der Waals surface area contributed by atoms with Crippen LogP contribution >= 0.6 is 11.6 Å². The number of hydrogen-bond donors (Lipinski definition) is 0. The van der Waals surface area contributed by atoms with E-state index in [2.05, 4.69) is 4.74 Å². The van der Waals surface area contributed by atoms with Gasteiger partial charge >= 0.3 is 6.18 Å². The summed E-state index contributed by atoms with van der Waals surface area (Å²) in [5.74, 6) is 0.979. The smallest absolute Gasteiger partial charge is 0.411 e. The minimum absolute atomic E-state index is 0.240. The average molecular weight is 299 g/mol. The summed E-state index contributed by atoms with van der Waals surface area (Å²) in [4.78, 5) is 0. The number of rotatable bonds is 6. The molecule has 0 fully saturated rings. The number of methoxy groups -OCH3 is 2. The monoisotopic (exact) mass is 298 g/mol. The molecule has 0 saturated carbocycles. The normalized spacial score (nSPS) is 13.2. The van der Waals surface area contributed by atoms with Crippen molar-refractivity contribution in [2.75, 3.05) is 27.4 Å². The lowest BCUT2D eigenvalue weighted by Gasteiger charge is -2.14. The van der Waals surface area contributed by atoms with E-state index in [4.69, 9.17) is 21.1 Å². The first-order valence-corrected chi connectivity index (χ1v) is 5.81. The second-order valence-corrected chi connectivity index (χ2v) is 4.24. The van der Waals surface area contributed by atoms with Crippen molar-refractivity contribution in [3.63, 3.8) is 0 Å². The van der Waals surface area contributed by atoms with E-state index < -0.39 is 18.2 Å². The molecule has 0 aliphatic heterocycles. The van der Waals surface area contributed by atoms with Gasteiger partial charge in [-0.3, -0.25) is 0 Å². The second-order valence-electron chi connectivity index (χ2n) is 3.71. The predicted octanol–water partition coefficient (Wildman–Crippen LogP) is 3.56. The summed E-state index contributed by atoms with van der Waals surface area (Å²) < 4.78 is 50.4. The van der Waals surface area contributed by atoms with E-state index in [0.717, 1.165) is 0 Å². The van der Waals surface area contributed by atoms with Crippen molar-refractivity contribution in [3.05, 3.63) is 23.8 Å². The van der Waals surface area contributed by atoms with Gasteiger partial charge in [-0.1, -0.05) is 6.07 Å². The number of alkyl halides is 4. The van der Waals surface area contributed by atoms with Gasteiger partial charge in [0.2, 0.25) is 0 Å². The molecule has 1 rings (SSSR count). The fraction of sp³-hybridized carbons (Fsp3) is 0.500. The predicted molar refractivity (Wildman–Crippen MR) is 65.0 cm³/mol. The van der Waals surface area contributed by atoms with Crippen LogP contribution in [0.1, 0.15) is 10.9 Å². The maximum Gasteiger partial charge on any atom is 0.411 e. The van der Waals surface area contributed by atoms with Crippen LogP contribution in [-0.2, 0) is 4.74 Å². The molecule has 3 nitrogen and oxygen atoms in total. The first-order valence-electron chi connectivity index (χ1n) is 5.38. The Hall–Kier alpha value is -1.14. The molecular weight excluding hydrogens is 285 g/mol. The third-order valence-electron chi connectivity index (χ3n) is 2.30. The number of halogens is 4. The van der Waals surface area contributed by atoms with Crippen LogP contribution in [0.15, 0.2) is 18.2 Å². The summed E-state index contributed by atoms with van der Waals surface area (Å²) in [6.07, 6.45) is -4.35. The number of hydrogen-bond acceptors (Lipinski definition) is 3. The molecule has 1 aromatic carbocycles. The third kappa shape index (κ3) is 5.16. The quantitative estimate of drug-likeness (QED) is 0.752. The van der Waals surface area contributed by atoms with Crippen molar-refractivity contribution in [2.45, 2.75) is 11.6 Å². The lowest BCUT2D eigenvalue weighted by Crippen LogP contribution is -2.18. The molecule has 0 bridgehead atoms. The molecule has 1 aromatic rings. The van der Waals surface area contributed by atoms with Crippen LogP contribution in [0.2, 0.25) is 0 Å². The van der Waals surface area contributed by atoms with E-state index in [-0.39, 0.29) is 6.61 Å². The maximum atomic E-state index is 11.9. The van der Waals surface area contributed by atoms with Gasteiger partial charge in [0.25, 0.3) is 0 Å². The summed E-state index contributed by atoms with van der Waals surface area (Å²) in [7, 11) is 2.95. The molecule has 1 unspecified atom stereocenters. The van der Waals surface area contributed by atoms with Gasteiger partial charge in [0.05, 0.1) is 26.2 Å². The van der Waals surface area contributed by atoms with Crippen LogP contribution in [-0.4, -0.2) is 33.6 Å².